The number of benzene rings is 1. The van der Waals surface area contributed by atoms with Crippen LogP contribution in [0.4, 0.5) is 5.69 Å². The summed E-state index contributed by atoms with van der Waals surface area (Å²) in [6.45, 7) is 4.86. The average Bonchev–Trinajstić information content (AvgIpc) is 3.33. The second-order valence-electron chi connectivity index (χ2n) is 9.56. The highest BCUT2D eigenvalue weighted by molar-refractivity contribution is 7.89. The maximum atomic E-state index is 13.3. The van der Waals surface area contributed by atoms with Crippen LogP contribution in [-0.4, -0.2) is 61.8 Å². The number of carbonyl (C=O) groups is 1. The predicted octanol–water partition coefficient (Wildman–Crippen LogP) is 3.01. The lowest BCUT2D eigenvalue weighted by atomic mass is 9.84. The molecule has 3 fully saturated rings. The molecule has 1 unspecified atom stereocenters. The van der Waals surface area contributed by atoms with E-state index in [0.717, 1.165) is 50.0 Å². The Kier molecular flexibility index (Phi) is 5.40. The highest BCUT2D eigenvalue weighted by Crippen LogP contribution is 2.38. The summed E-state index contributed by atoms with van der Waals surface area (Å²) < 4.78 is 28.3. The molecule has 1 amide bonds. The third-order valence-corrected chi connectivity index (χ3v) is 9.61. The average molecular weight is 432 g/mol. The smallest absolute Gasteiger partial charge is 0.243 e. The van der Waals surface area contributed by atoms with Crippen LogP contribution < -0.4 is 4.90 Å². The summed E-state index contributed by atoms with van der Waals surface area (Å²) in [5, 5.41) is 0. The van der Waals surface area contributed by atoms with Gasteiger partial charge < -0.3 is 4.90 Å². The number of nitrogens with zero attached hydrogens (tertiary/aromatic N) is 3. The molecule has 7 heteroatoms. The van der Waals surface area contributed by atoms with Crippen molar-refractivity contribution in [2.45, 2.75) is 75.3 Å². The van der Waals surface area contributed by atoms with E-state index in [0.29, 0.717) is 24.0 Å². The fourth-order valence-electron chi connectivity index (χ4n) is 5.68. The summed E-state index contributed by atoms with van der Waals surface area (Å²) >= 11 is 0. The largest absolute Gasteiger partial charge is 0.309 e. The van der Waals surface area contributed by atoms with Gasteiger partial charge in [0.15, 0.2) is 0 Å². The van der Waals surface area contributed by atoms with Gasteiger partial charge in [0.05, 0.1) is 4.90 Å². The van der Waals surface area contributed by atoms with Crippen molar-refractivity contribution in [2.75, 3.05) is 31.1 Å². The van der Waals surface area contributed by atoms with Gasteiger partial charge in [-0.25, -0.2) is 8.42 Å². The molecule has 0 radical (unpaired) electrons. The molecule has 2 aliphatic carbocycles. The Morgan fingerprint density at radius 2 is 1.67 bits per heavy atom. The molecular formula is C23H33N3O3S. The second kappa shape index (κ2) is 7.92. The minimum atomic E-state index is -3.49. The van der Waals surface area contributed by atoms with Crippen LogP contribution in [0.2, 0.25) is 0 Å². The van der Waals surface area contributed by atoms with E-state index in [4.69, 9.17) is 0 Å². The third-order valence-electron chi connectivity index (χ3n) is 7.71. The molecule has 164 valence electrons. The molecule has 0 bridgehead atoms. The summed E-state index contributed by atoms with van der Waals surface area (Å²) in [4.78, 5) is 17.6. The van der Waals surface area contributed by atoms with E-state index >= 15 is 0 Å². The van der Waals surface area contributed by atoms with Crippen molar-refractivity contribution in [3.05, 3.63) is 23.8 Å². The number of anilines is 1. The maximum Gasteiger partial charge on any atom is 0.243 e. The third kappa shape index (κ3) is 3.49. The summed E-state index contributed by atoms with van der Waals surface area (Å²) in [6, 6.07) is 6.13. The van der Waals surface area contributed by atoms with Crippen LogP contribution in [-0.2, 0) is 21.2 Å². The highest BCUT2D eigenvalue weighted by atomic mass is 32.2. The van der Waals surface area contributed by atoms with Crippen LogP contribution in [0.1, 0.15) is 57.4 Å². The Labute approximate surface area is 180 Å². The molecule has 1 aromatic carbocycles. The summed E-state index contributed by atoms with van der Waals surface area (Å²) in [5.74, 6) is 0.365. The first-order valence-corrected chi connectivity index (χ1v) is 13.1. The van der Waals surface area contributed by atoms with Crippen molar-refractivity contribution in [2.24, 2.45) is 5.92 Å². The van der Waals surface area contributed by atoms with E-state index in [1.807, 2.05) is 17.0 Å². The van der Waals surface area contributed by atoms with E-state index in [-0.39, 0.29) is 17.9 Å². The number of hydrogen-bond acceptors (Lipinski definition) is 4. The zero-order chi connectivity index (χ0) is 20.9. The SMILES string of the molecule is CC1Cc2cc(S(=O)(=O)N3CCN(C4CCCC4)CC3)ccc2N1C(=O)C1CCC1. The fraction of sp³-hybridized carbons (Fsp3) is 0.696. The van der Waals surface area contributed by atoms with Crippen molar-refractivity contribution in [3.8, 4) is 0 Å². The molecular weight excluding hydrogens is 398 g/mol. The quantitative estimate of drug-likeness (QED) is 0.735. The van der Waals surface area contributed by atoms with Gasteiger partial charge in [-0.05, 0) is 62.8 Å². The number of amides is 1. The monoisotopic (exact) mass is 431 g/mol. The van der Waals surface area contributed by atoms with Crippen LogP contribution in [0.5, 0.6) is 0 Å². The highest BCUT2D eigenvalue weighted by Gasteiger charge is 2.38. The van der Waals surface area contributed by atoms with Crippen LogP contribution in [0.15, 0.2) is 23.1 Å². The molecule has 4 aliphatic rings. The van der Waals surface area contributed by atoms with Crippen molar-refractivity contribution in [3.63, 3.8) is 0 Å². The predicted molar refractivity (Wildman–Crippen MR) is 117 cm³/mol. The summed E-state index contributed by atoms with van der Waals surface area (Å²) in [5.41, 5.74) is 1.89. The molecule has 1 saturated heterocycles. The lowest BCUT2D eigenvalue weighted by Gasteiger charge is -2.37. The minimum absolute atomic E-state index is 0.0982. The Balaban J connectivity index is 1.31. The van der Waals surface area contributed by atoms with Crippen molar-refractivity contribution in [1.82, 2.24) is 9.21 Å². The van der Waals surface area contributed by atoms with E-state index in [1.54, 1.807) is 10.4 Å². The fourth-order valence-corrected chi connectivity index (χ4v) is 7.16. The van der Waals surface area contributed by atoms with Gasteiger partial charge in [-0.2, -0.15) is 4.31 Å². The van der Waals surface area contributed by atoms with Gasteiger partial charge in [0, 0.05) is 49.9 Å². The molecule has 2 heterocycles. The minimum Gasteiger partial charge on any atom is -0.309 e. The van der Waals surface area contributed by atoms with Gasteiger partial charge >= 0.3 is 0 Å². The van der Waals surface area contributed by atoms with Gasteiger partial charge in [0.2, 0.25) is 15.9 Å². The van der Waals surface area contributed by atoms with E-state index in [2.05, 4.69) is 11.8 Å². The first-order valence-electron chi connectivity index (χ1n) is 11.7. The molecule has 2 saturated carbocycles. The van der Waals surface area contributed by atoms with Crippen LogP contribution >= 0.6 is 0 Å². The molecule has 1 atom stereocenters. The summed E-state index contributed by atoms with van der Waals surface area (Å²) in [7, 11) is -3.49. The first-order chi connectivity index (χ1) is 14.4. The Morgan fingerprint density at radius 3 is 2.30 bits per heavy atom. The van der Waals surface area contributed by atoms with E-state index in [9.17, 15) is 13.2 Å². The van der Waals surface area contributed by atoms with E-state index in [1.165, 1.54) is 25.7 Å². The Morgan fingerprint density at radius 1 is 0.967 bits per heavy atom. The van der Waals surface area contributed by atoms with Crippen molar-refractivity contribution >= 4 is 21.6 Å². The molecule has 0 spiro atoms. The molecule has 30 heavy (non-hydrogen) atoms. The van der Waals surface area contributed by atoms with Gasteiger partial charge in [-0.15, -0.1) is 0 Å². The maximum absolute atomic E-state index is 13.3. The number of fused-ring (bicyclic) bond motifs is 1. The molecule has 1 aromatic rings. The van der Waals surface area contributed by atoms with Crippen LogP contribution in [0, 0.1) is 5.92 Å². The number of piperazine rings is 1. The van der Waals surface area contributed by atoms with E-state index < -0.39 is 10.0 Å². The zero-order valence-corrected chi connectivity index (χ0v) is 18.7. The number of sulfonamides is 1. The number of rotatable bonds is 4. The standard InChI is InChI=1S/C23H33N3O3S/c1-17-15-19-16-21(9-10-22(19)26(17)23(27)18-5-4-6-18)30(28,29)25-13-11-24(12-14-25)20-7-2-3-8-20/h9-10,16-18,20H,2-8,11-15H2,1H3. The molecule has 0 N–H and O–H groups in total. The summed E-state index contributed by atoms with van der Waals surface area (Å²) in [6.07, 6.45) is 8.95. The normalized spacial score (nSPS) is 26.7. The molecule has 5 rings (SSSR count). The lowest BCUT2D eigenvalue weighted by molar-refractivity contribution is -0.125. The Hall–Kier alpha value is -1.44. The zero-order valence-electron chi connectivity index (χ0n) is 17.9. The van der Waals surface area contributed by atoms with Crippen molar-refractivity contribution in [1.29, 1.82) is 0 Å². The first kappa shape index (κ1) is 20.5. The van der Waals surface area contributed by atoms with Crippen molar-refractivity contribution < 1.29 is 13.2 Å². The van der Waals surface area contributed by atoms with Gasteiger partial charge in [-0.1, -0.05) is 19.3 Å². The number of carbonyl (C=O) groups excluding carboxylic acids is 1. The topological polar surface area (TPSA) is 60.9 Å². The molecule has 0 aromatic heterocycles. The Bertz CT molecular complexity index is 914. The molecule has 6 nitrogen and oxygen atoms in total. The second-order valence-corrected chi connectivity index (χ2v) is 11.5. The number of hydrogen-bond donors (Lipinski definition) is 0. The van der Waals surface area contributed by atoms with Crippen LogP contribution in [0.25, 0.3) is 0 Å². The van der Waals surface area contributed by atoms with Crippen LogP contribution in [0.3, 0.4) is 0 Å². The molecule has 2 aliphatic heterocycles. The van der Waals surface area contributed by atoms with Gasteiger partial charge in [0.1, 0.15) is 0 Å². The van der Waals surface area contributed by atoms with Gasteiger partial charge in [0.25, 0.3) is 0 Å². The van der Waals surface area contributed by atoms with Gasteiger partial charge in [-0.3, -0.25) is 9.69 Å². The lowest BCUT2D eigenvalue weighted by Crippen LogP contribution is -2.51.